The number of hydrogen-bond donors (Lipinski definition) is 3. The SMILES string of the molecule is Cc1ccc(S(=O)(=O)N[C@@H](CCCCN)C(=O)NCc2ccc([N+](=O)[O-])cc2)cc1. The van der Waals surface area contributed by atoms with Gasteiger partial charge in [0.2, 0.25) is 15.9 Å². The summed E-state index contributed by atoms with van der Waals surface area (Å²) in [5.74, 6) is -0.471. The summed E-state index contributed by atoms with van der Waals surface area (Å²) in [6.45, 7) is 2.42. The van der Waals surface area contributed by atoms with Gasteiger partial charge in [0.05, 0.1) is 9.82 Å². The van der Waals surface area contributed by atoms with Crippen LogP contribution in [0.3, 0.4) is 0 Å². The Morgan fingerprint density at radius 2 is 1.73 bits per heavy atom. The van der Waals surface area contributed by atoms with Crippen molar-refractivity contribution in [1.82, 2.24) is 10.0 Å². The van der Waals surface area contributed by atoms with Gasteiger partial charge in [-0.15, -0.1) is 0 Å². The summed E-state index contributed by atoms with van der Waals surface area (Å²) in [5, 5.41) is 13.4. The number of carbonyl (C=O) groups is 1. The Hall–Kier alpha value is -2.82. The minimum absolute atomic E-state index is 0.0457. The average Bonchev–Trinajstić information content (AvgIpc) is 2.72. The molecule has 30 heavy (non-hydrogen) atoms. The van der Waals surface area contributed by atoms with Gasteiger partial charge in [-0.05, 0) is 44.0 Å². The van der Waals surface area contributed by atoms with Gasteiger partial charge in [-0.2, -0.15) is 4.72 Å². The molecule has 0 radical (unpaired) electrons. The van der Waals surface area contributed by atoms with Gasteiger partial charge in [0.15, 0.2) is 0 Å². The average molecular weight is 435 g/mol. The van der Waals surface area contributed by atoms with Crippen LogP contribution < -0.4 is 15.8 Å². The van der Waals surface area contributed by atoms with E-state index in [9.17, 15) is 23.3 Å². The maximum Gasteiger partial charge on any atom is 0.269 e. The third kappa shape index (κ3) is 6.90. The monoisotopic (exact) mass is 434 g/mol. The number of nitrogens with zero attached hydrogens (tertiary/aromatic N) is 1. The zero-order valence-electron chi connectivity index (χ0n) is 16.7. The number of hydrogen-bond acceptors (Lipinski definition) is 6. The Labute approximate surface area is 175 Å². The molecular formula is C20H26N4O5S. The summed E-state index contributed by atoms with van der Waals surface area (Å²) in [4.78, 5) is 23.0. The van der Waals surface area contributed by atoms with Crippen molar-refractivity contribution < 1.29 is 18.1 Å². The summed E-state index contributed by atoms with van der Waals surface area (Å²) >= 11 is 0. The van der Waals surface area contributed by atoms with Crippen molar-refractivity contribution in [2.24, 2.45) is 5.73 Å². The molecule has 0 unspecified atom stereocenters. The molecule has 0 aromatic heterocycles. The number of carbonyl (C=O) groups excluding carboxylic acids is 1. The third-order valence-corrected chi connectivity index (χ3v) is 5.99. The molecule has 0 saturated carbocycles. The molecule has 9 nitrogen and oxygen atoms in total. The first-order chi connectivity index (χ1) is 14.2. The number of rotatable bonds is 11. The van der Waals surface area contributed by atoms with Crippen LogP contribution in [0, 0.1) is 17.0 Å². The minimum atomic E-state index is -3.87. The van der Waals surface area contributed by atoms with Gasteiger partial charge in [-0.1, -0.05) is 36.2 Å². The predicted molar refractivity (Wildman–Crippen MR) is 113 cm³/mol. The first-order valence-corrected chi connectivity index (χ1v) is 11.0. The van der Waals surface area contributed by atoms with E-state index in [2.05, 4.69) is 10.0 Å². The molecule has 0 aliphatic carbocycles. The van der Waals surface area contributed by atoms with E-state index in [4.69, 9.17) is 5.73 Å². The van der Waals surface area contributed by atoms with Crippen LogP contribution >= 0.6 is 0 Å². The molecule has 2 rings (SSSR count). The molecule has 162 valence electrons. The van der Waals surface area contributed by atoms with Crippen molar-refractivity contribution in [2.45, 2.75) is 43.7 Å². The zero-order chi connectivity index (χ0) is 22.1. The topological polar surface area (TPSA) is 144 Å². The number of unbranched alkanes of at least 4 members (excludes halogenated alkanes) is 1. The number of amides is 1. The van der Waals surface area contributed by atoms with Gasteiger partial charge in [0.25, 0.3) is 5.69 Å². The Balaban J connectivity index is 2.07. The van der Waals surface area contributed by atoms with Crippen molar-refractivity contribution in [3.8, 4) is 0 Å². The van der Waals surface area contributed by atoms with Gasteiger partial charge < -0.3 is 11.1 Å². The summed E-state index contributed by atoms with van der Waals surface area (Å²) in [6.07, 6.45) is 1.55. The molecule has 0 bridgehead atoms. The third-order valence-electron chi connectivity index (χ3n) is 4.51. The van der Waals surface area contributed by atoms with E-state index in [1.165, 1.54) is 36.4 Å². The number of non-ortho nitro benzene ring substituents is 1. The Kier molecular flexibility index (Phi) is 8.46. The Morgan fingerprint density at radius 1 is 1.10 bits per heavy atom. The van der Waals surface area contributed by atoms with Crippen LogP contribution in [-0.2, 0) is 21.4 Å². The highest BCUT2D eigenvalue weighted by Gasteiger charge is 2.25. The lowest BCUT2D eigenvalue weighted by Crippen LogP contribution is -2.46. The van der Waals surface area contributed by atoms with Crippen LogP contribution in [-0.4, -0.2) is 31.8 Å². The molecule has 0 aliphatic heterocycles. The fourth-order valence-electron chi connectivity index (χ4n) is 2.76. The van der Waals surface area contributed by atoms with E-state index in [-0.39, 0.29) is 17.1 Å². The van der Waals surface area contributed by atoms with Gasteiger partial charge in [0.1, 0.15) is 6.04 Å². The van der Waals surface area contributed by atoms with Crippen LogP contribution in [0.15, 0.2) is 53.4 Å². The fourth-order valence-corrected chi connectivity index (χ4v) is 3.99. The molecule has 1 atom stereocenters. The van der Waals surface area contributed by atoms with Crippen LogP contribution in [0.2, 0.25) is 0 Å². The lowest BCUT2D eigenvalue weighted by Gasteiger charge is -2.19. The number of nitrogens with two attached hydrogens (primary N) is 1. The van der Waals surface area contributed by atoms with Crippen LogP contribution in [0.25, 0.3) is 0 Å². The van der Waals surface area contributed by atoms with E-state index >= 15 is 0 Å². The number of nitro benzene ring substituents is 1. The molecule has 10 heteroatoms. The van der Waals surface area contributed by atoms with E-state index in [1.54, 1.807) is 12.1 Å². The summed E-state index contributed by atoms with van der Waals surface area (Å²) < 4.78 is 27.9. The molecule has 2 aromatic carbocycles. The molecule has 4 N–H and O–H groups in total. The van der Waals surface area contributed by atoms with Crippen molar-refractivity contribution in [3.05, 3.63) is 69.8 Å². The van der Waals surface area contributed by atoms with Gasteiger partial charge in [-0.25, -0.2) is 8.42 Å². The predicted octanol–water partition coefficient (Wildman–Crippen LogP) is 2.00. The number of nitro groups is 1. The largest absolute Gasteiger partial charge is 0.351 e. The highest BCUT2D eigenvalue weighted by atomic mass is 32.2. The smallest absolute Gasteiger partial charge is 0.269 e. The molecule has 0 fully saturated rings. The molecule has 1 amide bonds. The lowest BCUT2D eigenvalue weighted by atomic mass is 10.1. The van der Waals surface area contributed by atoms with Gasteiger partial charge in [-0.3, -0.25) is 14.9 Å². The number of aryl methyl sites for hydroxylation is 1. The van der Waals surface area contributed by atoms with E-state index in [0.29, 0.717) is 31.4 Å². The van der Waals surface area contributed by atoms with E-state index < -0.39 is 26.9 Å². The van der Waals surface area contributed by atoms with Gasteiger partial charge >= 0.3 is 0 Å². The summed E-state index contributed by atoms with van der Waals surface area (Å²) in [7, 11) is -3.87. The zero-order valence-corrected chi connectivity index (χ0v) is 17.5. The second-order valence-corrected chi connectivity index (χ2v) is 8.63. The molecular weight excluding hydrogens is 408 g/mol. The second-order valence-electron chi connectivity index (χ2n) is 6.91. The maximum absolute atomic E-state index is 12.7. The molecule has 2 aromatic rings. The van der Waals surface area contributed by atoms with Crippen LogP contribution in [0.1, 0.15) is 30.4 Å². The van der Waals surface area contributed by atoms with E-state index in [0.717, 1.165) is 5.56 Å². The highest BCUT2D eigenvalue weighted by molar-refractivity contribution is 7.89. The standard InChI is InChI=1S/C20H26N4O5S/c1-15-5-11-18(12-6-15)30(28,29)23-19(4-2-3-13-21)20(25)22-14-16-7-9-17(10-8-16)24(26)27/h5-12,19,23H,2-4,13-14,21H2,1H3,(H,22,25)/t19-/m0/s1. The highest BCUT2D eigenvalue weighted by Crippen LogP contribution is 2.14. The quantitative estimate of drug-likeness (QED) is 0.280. The minimum Gasteiger partial charge on any atom is -0.351 e. The number of sulfonamides is 1. The van der Waals surface area contributed by atoms with Gasteiger partial charge in [0, 0.05) is 18.7 Å². The fraction of sp³-hybridized carbons (Fsp3) is 0.350. The second kappa shape index (κ2) is 10.8. The maximum atomic E-state index is 12.7. The number of benzene rings is 2. The van der Waals surface area contributed by atoms with Crippen LogP contribution in [0.5, 0.6) is 0 Å². The Bertz CT molecular complexity index is 960. The van der Waals surface area contributed by atoms with E-state index in [1.807, 2.05) is 6.92 Å². The Morgan fingerprint density at radius 3 is 2.30 bits per heavy atom. The van der Waals surface area contributed by atoms with Crippen LogP contribution in [0.4, 0.5) is 5.69 Å². The molecule has 0 heterocycles. The number of nitrogens with one attached hydrogen (secondary N) is 2. The molecule has 0 saturated heterocycles. The van der Waals surface area contributed by atoms with Crippen molar-refractivity contribution >= 4 is 21.6 Å². The molecule has 0 spiro atoms. The van der Waals surface area contributed by atoms with Crippen molar-refractivity contribution in [1.29, 1.82) is 0 Å². The first kappa shape index (κ1) is 23.5. The summed E-state index contributed by atoms with van der Waals surface area (Å²) in [6, 6.07) is 11.2. The van der Waals surface area contributed by atoms with Crippen molar-refractivity contribution in [2.75, 3.05) is 6.54 Å². The summed E-state index contributed by atoms with van der Waals surface area (Å²) in [5.41, 5.74) is 7.05. The van der Waals surface area contributed by atoms with Crippen molar-refractivity contribution in [3.63, 3.8) is 0 Å². The lowest BCUT2D eigenvalue weighted by molar-refractivity contribution is -0.384. The first-order valence-electron chi connectivity index (χ1n) is 9.53. The normalized spacial score (nSPS) is 12.3. The molecule has 0 aliphatic rings.